The van der Waals surface area contributed by atoms with E-state index in [4.69, 9.17) is 0 Å². The summed E-state index contributed by atoms with van der Waals surface area (Å²) < 4.78 is 0. The van der Waals surface area contributed by atoms with E-state index in [-0.39, 0.29) is 0 Å². The Morgan fingerprint density at radius 3 is 2.67 bits per heavy atom. The molecule has 2 rings (SSSR count). The average molecular weight is 287 g/mol. The van der Waals surface area contributed by atoms with Crippen LogP contribution in [0.15, 0.2) is 24.3 Å². The van der Waals surface area contributed by atoms with Crippen molar-refractivity contribution in [1.82, 2.24) is 20.2 Å². The first-order valence-corrected chi connectivity index (χ1v) is 7.49. The number of benzene rings is 1. The molecule has 21 heavy (non-hydrogen) atoms. The van der Waals surface area contributed by atoms with E-state index >= 15 is 0 Å². The molecule has 0 amide bonds. The molecule has 2 N–H and O–H groups in total. The molecule has 0 fully saturated rings. The SMILES string of the molecule is CNCc1nc(NCCCCN(C)C)c2ccccc2n1. The van der Waals surface area contributed by atoms with Crippen molar-refractivity contribution in [2.45, 2.75) is 19.4 Å². The molecule has 0 aliphatic heterocycles. The highest BCUT2D eigenvalue weighted by atomic mass is 15.1. The Morgan fingerprint density at radius 2 is 1.90 bits per heavy atom. The fourth-order valence-corrected chi connectivity index (χ4v) is 2.26. The van der Waals surface area contributed by atoms with Crippen molar-refractivity contribution in [3.8, 4) is 0 Å². The second-order valence-electron chi connectivity index (χ2n) is 5.47. The summed E-state index contributed by atoms with van der Waals surface area (Å²) in [5.74, 6) is 1.77. The first kappa shape index (κ1) is 15.7. The van der Waals surface area contributed by atoms with E-state index in [0.717, 1.165) is 42.1 Å². The van der Waals surface area contributed by atoms with Gasteiger partial charge >= 0.3 is 0 Å². The van der Waals surface area contributed by atoms with Gasteiger partial charge in [0.2, 0.25) is 0 Å². The maximum absolute atomic E-state index is 4.63. The lowest BCUT2D eigenvalue weighted by Gasteiger charge is -2.12. The molecule has 1 aromatic carbocycles. The average Bonchev–Trinajstić information content (AvgIpc) is 2.47. The van der Waals surface area contributed by atoms with E-state index in [0.29, 0.717) is 6.54 Å². The van der Waals surface area contributed by atoms with Gasteiger partial charge in [0.05, 0.1) is 12.1 Å². The predicted octanol–water partition coefficient (Wildman–Crippen LogP) is 2.10. The molecule has 1 heterocycles. The molecule has 0 saturated carbocycles. The number of anilines is 1. The summed E-state index contributed by atoms with van der Waals surface area (Å²) in [4.78, 5) is 11.4. The number of unbranched alkanes of at least 4 members (excludes halogenated alkanes) is 1. The zero-order chi connectivity index (χ0) is 15.1. The van der Waals surface area contributed by atoms with Crippen LogP contribution in [0.5, 0.6) is 0 Å². The number of para-hydroxylation sites is 1. The van der Waals surface area contributed by atoms with Crippen molar-refractivity contribution in [2.75, 3.05) is 39.5 Å². The van der Waals surface area contributed by atoms with E-state index in [1.807, 2.05) is 25.2 Å². The fraction of sp³-hybridized carbons (Fsp3) is 0.500. The first-order valence-electron chi connectivity index (χ1n) is 7.49. The zero-order valence-corrected chi connectivity index (χ0v) is 13.2. The number of aromatic nitrogens is 2. The van der Waals surface area contributed by atoms with Crippen LogP contribution in [0.25, 0.3) is 10.9 Å². The normalized spacial score (nSPS) is 11.2. The topological polar surface area (TPSA) is 53.1 Å². The van der Waals surface area contributed by atoms with Crippen LogP contribution in [-0.4, -0.2) is 49.1 Å². The molecule has 0 aliphatic rings. The quantitative estimate of drug-likeness (QED) is 0.728. The van der Waals surface area contributed by atoms with Gasteiger partial charge < -0.3 is 15.5 Å². The number of nitrogens with zero attached hydrogens (tertiary/aromatic N) is 3. The van der Waals surface area contributed by atoms with Gasteiger partial charge in [0.25, 0.3) is 0 Å². The largest absolute Gasteiger partial charge is 0.369 e. The van der Waals surface area contributed by atoms with Crippen LogP contribution in [0.2, 0.25) is 0 Å². The second-order valence-corrected chi connectivity index (χ2v) is 5.47. The Kier molecular flexibility index (Phi) is 5.90. The Balaban J connectivity index is 2.06. The third-order valence-corrected chi connectivity index (χ3v) is 3.31. The molecule has 0 aliphatic carbocycles. The molecule has 1 aromatic heterocycles. The van der Waals surface area contributed by atoms with Gasteiger partial charge in [-0.25, -0.2) is 9.97 Å². The molecule has 5 nitrogen and oxygen atoms in total. The highest BCUT2D eigenvalue weighted by molar-refractivity contribution is 5.88. The van der Waals surface area contributed by atoms with Gasteiger partial charge in [-0.2, -0.15) is 0 Å². The third-order valence-electron chi connectivity index (χ3n) is 3.31. The summed E-state index contributed by atoms with van der Waals surface area (Å²) >= 11 is 0. The number of hydrogen-bond donors (Lipinski definition) is 2. The molecule has 0 bridgehead atoms. The predicted molar refractivity (Wildman–Crippen MR) is 88.6 cm³/mol. The summed E-state index contributed by atoms with van der Waals surface area (Å²) in [6, 6.07) is 8.15. The summed E-state index contributed by atoms with van der Waals surface area (Å²) in [5, 5.41) is 7.66. The van der Waals surface area contributed by atoms with Crippen LogP contribution < -0.4 is 10.6 Å². The summed E-state index contributed by atoms with van der Waals surface area (Å²) in [6.07, 6.45) is 2.32. The van der Waals surface area contributed by atoms with Crippen molar-refractivity contribution < 1.29 is 0 Å². The maximum Gasteiger partial charge on any atom is 0.145 e. The molecule has 0 radical (unpaired) electrons. The smallest absolute Gasteiger partial charge is 0.145 e. The van der Waals surface area contributed by atoms with Gasteiger partial charge in [0.15, 0.2) is 0 Å². The lowest BCUT2D eigenvalue weighted by molar-refractivity contribution is 0.396. The molecule has 0 spiro atoms. The third kappa shape index (κ3) is 4.65. The van der Waals surface area contributed by atoms with Crippen LogP contribution in [0.1, 0.15) is 18.7 Å². The fourth-order valence-electron chi connectivity index (χ4n) is 2.26. The van der Waals surface area contributed by atoms with Gasteiger partial charge in [0.1, 0.15) is 11.6 Å². The second kappa shape index (κ2) is 7.90. The molecule has 5 heteroatoms. The van der Waals surface area contributed by atoms with Crippen LogP contribution in [0.3, 0.4) is 0 Å². The number of rotatable bonds is 8. The van der Waals surface area contributed by atoms with Gasteiger partial charge in [-0.1, -0.05) is 12.1 Å². The highest BCUT2D eigenvalue weighted by Gasteiger charge is 2.06. The standard InChI is InChI=1S/C16H25N5/c1-17-12-15-19-14-9-5-4-8-13(14)16(20-15)18-10-6-7-11-21(2)3/h4-5,8-9,17H,6-7,10-12H2,1-3H3,(H,18,19,20). The Hall–Kier alpha value is -1.72. The van der Waals surface area contributed by atoms with Crippen LogP contribution in [0, 0.1) is 0 Å². The van der Waals surface area contributed by atoms with Crippen molar-refractivity contribution in [3.05, 3.63) is 30.1 Å². The zero-order valence-electron chi connectivity index (χ0n) is 13.2. The molecule has 114 valence electrons. The molecule has 0 atom stereocenters. The van der Waals surface area contributed by atoms with Gasteiger partial charge in [-0.3, -0.25) is 0 Å². The minimum Gasteiger partial charge on any atom is -0.369 e. The lowest BCUT2D eigenvalue weighted by atomic mass is 10.2. The molecule has 0 saturated heterocycles. The number of nitrogens with one attached hydrogen (secondary N) is 2. The number of hydrogen-bond acceptors (Lipinski definition) is 5. The van der Waals surface area contributed by atoms with Crippen LogP contribution in [-0.2, 0) is 6.54 Å². The Bertz CT molecular complexity index is 568. The van der Waals surface area contributed by atoms with E-state index < -0.39 is 0 Å². The van der Waals surface area contributed by atoms with Crippen molar-refractivity contribution in [2.24, 2.45) is 0 Å². The first-order chi connectivity index (χ1) is 10.2. The molecule has 2 aromatic rings. The van der Waals surface area contributed by atoms with Gasteiger partial charge in [-0.15, -0.1) is 0 Å². The van der Waals surface area contributed by atoms with Crippen molar-refractivity contribution >= 4 is 16.7 Å². The maximum atomic E-state index is 4.63. The molecule has 0 unspecified atom stereocenters. The number of fused-ring (bicyclic) bond motifs is 1. The summed E-state index contributed by atoms with van der Waals surface area (Å²) in [7, 11) is 6.12. The van der Waals surface area contributed by atoms with Crippen LogP contribution >= 0.6 is 0 Å². The monoisotopic (exact) mass is 287 g/mol. The minimum absolute atomic E-state index is 0.681. The summed E-state index contributed by atoms with van der Waals surface area (Å²) in [5.41, 5.74) is 0.994. The van der Waals surface area contributed by atoms with E-state index in [9.17, 15) is 0 Å². The molecular formula is C16H25N5. The lowest BCUT2D eigenvalue weighted by Crippen LogP contribution is -2.15. The van der Waals surface area contributed by atoms with Crippen molar-refractivity contribution in [1.29, 1.82) is 0 Å². The van der Waals surface area contributed by atoms with Crippen molar-refractivity contribution in [3.63, 3.8) is 0 Å². The molecular weight excluding hydrogens is 262 g/mol. The highest BCUT2D eigenvalue weighted by Crippen LogP contribution is 2.20. The van der Waals surface area contributed by atoms with E-state index in [2.05, 4.69) is 45.7 Å². The van der Waals surface area contributed by atoms with Crippen LogP contribution in [0.4, 0.5) is 5.82 Å². The Labute approximate surface area is 126 Å². The minimum atomic E-state index is 0.681. The van der Waals surface area contributed by atoms with E-state index in [1.54, 1.807) is 0 Å². The van der Waals surface area contributed by atoms with Gasteiger partial charge in [0, 0.05) is 11.9 Å². The Morgan fingerprint density at radius 1 is 1.10 bits per heavy atom. The van der Waals surface area contributed by atoms with Gasteiger partial charge in [-0.05, 0) is 52.7 Å². The van der Waals surface area contributed by atoms with E-state index in [1.165, 1.54) is 6.42 Å². The summed E-state index contributed by atoms with van der Waals surface area (Å²) in [6.45, 7) is 2.74.